The molecule has 0 aliphatic carbocycles. The maximum absolute atomic E-state index is 12.2. The predicted molar refractivity (Wildman–Crippen MR) is 74.6 cm³/mol. The fraction of sp³-hybridized carbons (Fsp3) is 0.533. The molecule has 3 nitrogen and oxygen atoms in total. The summed E-state index contributed by atoms with van der Waals surface area (Å²) < 4.78 is 24.4. The Balaban J connectivity index is 2.64. The minimum atomic E-state index is -3.23. The van der Waals surface area contributed by atoms with E-state index in [0.29, 0.717) is 16.9 Å². The lowest BCUT2D eigenvalue weighted by Gasteiger charge is -2.37. The van der Waals surface area contributed by atoms with Crippen LogP contribution in [-0.2, 0) is 9.84 Å². The summed E-state index contributed by atoms with van der Waals surface area (Å²) in [6.07, 6.45) is 1.67. The van der Waals surface area contributed by atoms with Crippen molar-refractivity contribution in [2.24, 2.45) is 5.41 Å². The van der Waals surface area contributed by atoms with Gasteiger partial charge in [0, 0.05) is 0 Å². The second kappa shape index (κ2) is 4.64. The average molecular weight is 277 g/mol. The van der Waals surface area contributed by atoms with Crippen LogP contribution in [0.3, 0.4) is 0 Å². The van der Waals surface area contributed by atoms with Gasteiger partial charge in [0.25, 0.3) is 0 Å². The highest BCUT2D eigenvalue weighted by molar-refractivity contribution is 7.91. The summed E-state index contributed by atoms with van der Waals surface area (Å²) in [4.78, 5) is 0.365. The van der Waals surface area contributed by atoms with Crippen LogP contribution in [-0.4, -0.2) is 14.2 Å². The van der Waals surface area contributed by atoms with Crippen molar-refractivity contribution >= 4 is 9.84 Å². The van der Waals surface area contributed by atoms with Crippen molar-refractivity contribution in [3.63, 3.8) is 0 Å². The van der Waals surface area contributed by atoms with E-state index in [9.17, 15) is 8.42 Å². The summed E-state index contributed by atoms with van der Waals surface area (Å²) in [7, 11) is -3.23. The van der Waals surface area contributed by atoms with Crippen molar-refractivity contribution in [1.29, 1.82) is 5.26 Å². The largest absolute Gasteiger partial charge is 0.224 e. The summed E-state index contributed by atoms with van der Waals surface area (Å²) in [6, 6.07) is 7.10. The second-order valence-corrected chi connectivity index (χ2v) is 7.94. The van der Waals surface area contributed by atoms with E-state index in [2.05, 4.69) is 20.8 Å². The van der Waals surface area contributed by atoms with Gasteiger partial charge in [-0.15, -0.1) is 0 Å². The molecule has 19 heavy (non-hydrogen) atoms. The highest BCUT2D eigenvalue weighted by Crippen LogP contribution is 2.46. The number of nitrogens with zero attached hydrogens (tertiary/aromatic N) is 1. The van der Waals surface area contributed by atoms with Gasteiger partial charge in [-0.1, -0.05) is 33.3 Å². The van der Waals surface area contributed by atoms with Gasteiger partial charge in [0.2, 0.25) is 0 Å². The highest BCUT2D eigenvalue weighted by atomic mass is 32.2. The third-order valence-electron chi connectivity index (χ3n) is 4.38. The van der Waals surface area contributed by atoms with E-state index in [1.807, 2.05) is 12.1 Å². The first-order valence-electron chi connectivity index (χ1n) is 6.58. The molecule has 0 saturated heterocycles. The number of hydrogen-bond acceptors (Lipinski definition) is 3. The fourth-order valence-corrected chi connectivity index (χ4v) is 4.40. The van der Waals surface area contributed by atoms with Crippen LogP contribution in [0, 0.1) is 16.7 Å². The smallest absolute Gasteiger partial charge is 0.178 e. The molecule has 102 valence electrons. The average Bonchev–Trinajstić information content (AvgIpc) is 2.38. The summed E-state index contributed by atoms with van der Waals surface area (Å²) >= 11 is 0. The number of benzene rings is 1. The minimum absolute atomic E-state index is 0.0683. The lowest BCUT2D eigenvalue weighted by Crippen LogP contribution is -2.29. The van der Waals surface area contributed by atoms with Crippen LogP contribution in [0.15, 0.2) is 23.1 Å². The van der Waals surface area contributed by atoms with Crippen LogP contribution in [0.5, 0.6) is 0 Å². The Hall–Kier alpha value is -1.34. The number of nitriles is 1. The Morgan fingerprint density at radius 1 is 1.42 bits per heavy atom. The first-order chi connectivity index (χ1) is 8.81. The normalized spacial score (nSPS) is 21.5. The van der Waals surface area contributed by atoms with Crippen LogP contribution < -0.4 is 0 Å². The first-order valence-corrected chi connectivity index (χ1v) is 8.24. The molecule has 1 aliphatic heterocycles. The number of sulfone groups is 1. The van der Waals surface area contributed by atoms with Crippen LogP contribution in [0.4, 0.5) is 0 Å². The Labute approximate surface area is 115 Å². The quantitative estimate of drug-likeness (QED) is 0.833. The maximum atomic E-state index is 12.2. The molecule has 0 bridgehead atoms. The molecular formula is C15H19NO2S. The zero-order valence-corrected chi connectivity index (χ0v) is 12.4. The van der Waals surface area contributed by atoms with Crippen molar-refractivity contribution in [3.05, 3.63) is 29.3 Å². The van der Waals surface area contributed by atoms with Crippen LogP contribution in [0.25, 0.3) is 0 Å². The molecule has 1 unspecified atom stereocenters. The lowest BCUT2D eigenvalue weighted by atomic mass is 9.71. The molecular weight excluding hydrogens is 258 g/mol. The van der Waals surface area contributed by atoms with E-state index in [1.165, 1.54) is 6.07 Å². The topological polar surface area (TPSA) is 57.9 Å². The Morgan fingerprint density at radius 2 is 2.11 bits per heavy atom. The van der Waals surface area contributed by atoms with E-state index in [4.69, 9.17) is 5.26 Å². The molecule has 1 aromatic rings. The molecule has 0 spiro atoms. The third-order valence-corrected chi connectivity index (χ3v) is 6.18. The van der Waals surface area contributed by atoms with Gasteiger partial charge in [0.15, 0.2) is 9.84 Å². The molecule has 4 heteroatoms. The maximum Gasteiger partial charge on any atom is 0.178 e. The standard InChI is InChI=1S/C15H19NO2S/c1-4-15(2,3)13-7-8-19(17,18)14-9-11(10-16)5-6-12(13)14/h5-6,9,13H,4,7-8H2,1-3H3. The SMILES string of the molecule is CCC(C)(C)C1CCS(=O)(=O)c2cc(C#N)ccc21. The summed E-state index contributed by atoms with van der Waals surface area (Å²) in [5.74, 6) is 0.423. The van der Waals surface area contributed by atoms with E-state index < -0.39 is 9.84 Å². The van der Waals surface area contributed by atoms with E-state index in [-0.39, 0.29) is 17.1 Å². The van der Waals surface area contributed by atoms with Crippen LogP contribution in [0.1, 0.15) is 50.7 Å². The summed E-state index contributed by atoms with van der Waals surface area (Å²) in [6.45, 7) is 6.49. The van der Waals surface area contributed by atoms with E-state index in [0.717, 1.165) is 12.0 Å². The molecule has 1 aromatic carbocycles. The van der Waals surface area contributed by atoms with Crippen LogP contribution in [0.2, 0.25) is 0 Å². The number of hydrogen-bond donors (Lipinski definition) is 0. The van der Waals surface area contributed by atoms with Crippen molar-refractivity contribution in [3.8, 4) is 6.07 Å². The predicted octanol–water partition coefficient (Wildman–Crippen LogP) is 3.26. The van der Waals surface area contributed by atoms with Gasteiger partial charge in [-0.25, -0.2) is 8.42 Å². The third kappa shape index (κ3) is 2.40. The summed E-state index contributed by atoms with van der Waals surface area (Å²) in [5, 5.41) is 8.94. The van der Waals surface area contributed by atoms with Crippen molar-refractivity contribution in [1.82, 2.24) is 0 Å². The lowest BCUT2D eigenvalue weighted by molar-refractivity contribution is 0.261. The van der Waals surface area contributed by atoms with E-state index >= 15 is 0 Å². The monoisotopic (exact) mass is 277 g/mol. The second-order valence-electron chi connectivity index (χ2n) is 5.87. The summed E-state index contributed by atoms with van der Waals surface area (Å²) in [5.41, 5.74) is 1.37. The molecule has 2 rings (SSSR count). The van der Waals surface area contributed by atoms with Gasteiger partial charge < -0.3 is 0 Å². The number of fused-ring (bicyclic) bond motifs is 1. The Bertz CT molecular complexity index is 639. The molecule has 0 N–H and O–H groups in total. The van der Waals surface area contributed by atoms with Crippen molar-refractivity contribution in [2.75, 3.05) is 5.75 Å². The van der Waals surface area contributed by atoms with Crippen molar-refractivity contribution in [2.45, 2.75) is 44.4 Å². The van der Waals surface area contributed by atoms with E-state index in [1.54, 1.807) is 6.07 Å². The highest BCUT2D eigenvalue weighted by Gasteiger charge is 2.37. The van der Waals surface area contributed by atoms with Gasteiger partial charge in [-0.3, -0.25) is 0 Å². The Morgan fingerprint density at radius 3 is 2.68 bits per heavy atom. The molecule has 1 atom stereocenters. The fourth-order valence-electron chi connectivity index (χ4n) is 2.76. The van der Waals surface area contributed by atoms with Crippen LogP contribution >= 0.6 is 0 Å². The Kier molecular flexibility index (Phi) is 3.44. The molecule has 0 saturated carbocycles. The number of rotatable bonds is 2. The molecule has 0 amide bonds. The molecule has 1 aliphatic rings. The van der Waals surface area contributed by atoms with Gasteiger partial charge in [0.05, 0.1) is 22.3 Å². The molecule has 1 heterocycles. The van der Waals surface area contributed by atoms with Crippen molar-refractivity contribution < 1.29 is 8.42 Å². The van der Waals surface area contributed by atoms with Gasteiger partial charge >= 0.3 is 0 Å². The minimum Gasteiger partial charge on any atom is -0.224 e. The zero-order valence-electron chi connectivity index (χ0n) is 11.6. The zero-order chi connectivity index (χ0) is 14.3. The molecule has 0 aromatic heterocycles. The first kappa shape index (κ1) is 14.1. The van der Waals surface area contributed by atoms with Gasteiger partial charge in [-0.05, 0) is 35.4 Å². The van der Waals surface area contributed by atoms with Gasteiger partial charge in [-0.2, -0.15) is 5.26 Å². The molecule has 0 fully saturated rings. The molecule has 0 radical (unpaired) electrons. The van der Waals surface area contributed by atoms with Gasteiger partial charge in [0.1, 0.15) is 0 Å².